The zero-order valence-electron chi connectivity index (χ0n) is 16.4. The van der Waals surface area contributed by atoms with Crippen molar-refractivity contribution >= 4 is 17.7 Å². The van der Waals surface area contributed by atoms with Crippen molar-refractivity contribution in [2.75, 3.05) is 26.4 Å². The fourth-order valence-electron chi connectivity index (χ4n) is 3.17. The summed E-state index contributed by atoms with van der Waals surface area (Å²) >= 11 is 1.88. The molecule has 144 valence electrons. The highest BCUT2D eigenvalue weighted by molar-refractivity contribution is 7.99. The summed E-state index contributed by atoms with van der Waals surface area (Å²) in [6.07, 6.45) is 0. The smallest absolute Gasteiger partial charge is 0.313 e. The molecular formula is C22H27NO3S. The second-order valence-corrected chi connectivity index (χ2v) is 8.94. The van der Waals surface area contributed by atoms with E-state index in [4.69, 9.17) is 4.74 Å². The largest absolute Gasteiger partial charge is 0.489 e. The van der Waals surface area contributed by atoms with Gasteiger partial charge < -0.3 is 14.7 Å². The third kappa shape index (κ3) is 4.14. The van der Waals surface area contributed by atoms with Crippen LogP contribution in [0.25, 0.3) is 0 Å². The van der Waals surface area contributed by atoms with Crippen LogP contribution >= 0.6 is 11.8 Å². The van der Waals surface area contributed by atoms with E-state index in [-0.39, 0.29) is 5.25 Å². The first-order valence-corrected chi connectivity index (χ1v) is 10.2. The third-order valence-corrected chi connectivity index (χ3v) is 6.35. The van der Waals surface area contributed by atoms with Gasteiger partial charge in [-0.2, -0.15) is 0 Å². The van der Waals surface area contributed by atoms with Gasteiger partial charge in [-0.05, 0) is 56.8 Å². The number of carboxylic acid groups (broad SMARTS) is 1. The van der Waals surface area contributed by atoms with Gasteiger partial charge in [0.25, 0.3) is 0 Å². The number of hydrogen-bond donors (Lipinski definition) is 1. The van der Waals surface area contributed by atoms with Gasteiger partial charge in [0.15, 0.2) is 0 Å². The van der Waals surface area contributed by atoms with Crippen LogP contribution < -0.4 is 4.74 Å². The molecule has 0 aliphatic carbocycles. The first kappa shape index (κ1) is 19.8. The van der Waals surface area contributed by atoms with E-state index in [0.29, 0.717) is 6.61 Å². The first-order chi connectivity index (χ1) is 12.8. The fraction of sp³-hybridized carbons (Fsp3) is 0.409. The number of carbonyl (C=O) groups is 1. The van der Waals surface area contributed by atoms with Crippen molar-refractivity contribution in [3.05, 3.63) is 64.7 Å². The summed E-state index contributed by atoms with van der Waals surface area (Å²) in [4.78, 5) is 13.9. The van der Waals surface area contributed by atoms with E-state index in [0.717, 1.165) is 29.2 Å². The summed E-state index contributed by atoms with van der Waals surface area (Å²) in [6.45, 7) is 5.02. The van der Waals surface area contributed by atoms with Crippen LogP contribution in [0.15, 0.2) is 42.5 Å². The molecule has 1 aliphatic rings. The van der Waals surface area contributed by atoms with Crippen LogP contribution in [0.2, 0.25) is 0 Å². The fourth-order valence-corrected chi connectivity index (χ4v) is 4.65. The van der Waals surface area contributed by atoms with Crippen molar-refractivity contribution in [1.29, 1.82) is 0 Å². The predicted molar refractivity (Wildman–Crippen MR) is 111 cm³/mol. The summed E-state index contributed by atoms with van der Waals surface area (Å²) in [7, 11) is 4.15. The van der Waals surface area contributed by atoms with E-state index < -0.39 is 11.4 Å². The minimum absolute atomic E-state index is 0.128. The summed E-state index contributed by atoms with van der Waals surface area (Å²) < 4.78 is 6.09. The molecule has 4 nitrogen and oxygen atoms in total. The van der Waals surface area contributed by atoms with Crippen LogP contribution in [-0.2, 0) is 16.8 Å². The molecule has 2 aromatic rings. The van der Waals surface area contributed by atoms with E-state index in [1.54, 1.807) is 13.8 Å². The third-order valence-electron chi connectivity index (χ3n) is 5.09. The molecule has 0 saturated carbocycles. The monoisotopic (exact) mass is 385 g/mol. The molecule has 0 aromatic heterocycles. The minimum Gasteiger partial charge on any atom is -0.489 e. The van der Waals surface area contributed by atoms with Crippen molar-refractivity contribution in [1.82, 2.24) is 4.90 Å². The molecule has 1 heterocycles. The lowest BCUT2D eigenvalue weighted by molar-refractivity contribution is -0.142. The molecule has 1 unspecified atom stereocenters. The lowest BCUT2D eigenvalue weighted by Gasteiger charge is -2.24. The maximum atomic E-state index is 11.7. The predicted octanol–water partition coefficient (Wildman–Crippen LogP) is 4.33. The van der Waals surface area contributed by atoms with Gasteiger partial charge in [-0.1, -0.05) is 30.3 Å². The van der Waals surface area contributed by atoms with Gasteiger partial charge in [0.1, 0.15) is 12.4 Å². The van der Waals surface area contributed by atoms with E-state index in [9.17, 15) is 9.90 Å². The number of carboxylic acids is 1. The average molecular weight is 386 g/mol. The molecule has 0 spiro atoms. The molecule has 1 atom stereocenters. The SMILES string of the molecule is CN(C)CCSC1c2ccccc2COc2ccc(C(C)(C)C(=O)O)cc21. The van der Waals surface area contributed by atoms with E-state index in [1.807, 2.05) is 36.0 Å². The summed E-state index contributed by atoms with van der Waals surface area (Å²) in [6, 6.07) is 14.2. The van der Waals surface area contributed by atoms with Gasteiger partial charge in [-0.3, -0.25) is 4.79 Å². The molecule has 0 radical (unpaired) electrons. The normalized spacial score (nSPS) is 16.3. The van der Waals surface area contributed by atoms with E-state index in [1.165, 1.54) is 11.1 Å². The maximum absolute atomic E-state index is 11.7. The van der Waals surface area contributed by atoms with Crippen molar-refractivity contribution in [3.63, 3.8) is 0 Å². The summed E-state index contributed by atoms with van der Waals surface area (Å²) in [5.41, 5.74) is 3.37. The Hall–Kier alpha value is -1.98. The highest BCUT2D eigenvalue weighted by Gasteiger charge is 2.32. The number of rotatable bonds is 6. The second-order valence-electron chi connectivity index (χ2n) is 7.72. The number of benzene rings is 2. The van der Waals surface area contributed by atoms with Crippen molar-refractivity contribution in [3.8, 4) is 5.75 Å². The number of ether oxygens (including phenoxy) is 1. The van der Waals surface area contributed by atoms with E-state index >= 15 is 0 Å². The molecule has 0 fully saturated rings. The Morgan fingerprint density at radius 1 is 1.22 bits per heavy atom. The second kappa shape index (κ2) is 7.95. The molecule has 1 N–H and O–H groups in total. The van der Waals surface area contributed by atoms with Gasteiger partial charge >= 0.3 is 5.97 Å². The Labute approximate surface area is 165 Å². The van der Waals surface area contributed by atoms with Gasteiger partial charge in [0, 0.05) is 17.9 Å². The van der Waals surface area contributed by atoms with Crippen LogP contribution in [0.4, 0.5) is 0 Å². The minimum atomic E-state index is -0.945. The number of fused-ring (bicyclic) bond motifs is 2. The Morgan fingerprint density at radius 2 is 1.96 bits per heavy atom. The lowest BCUT2D eigenvalue weighted by Crippen LogP contribution is -2.28. The molecule has 27 heavy (non-hydrogen) atoms. The topological polar surface area (TPSA) is 49.8 Å². The van der Waals surface area contributed by atoms with Crippen LogP contribution in [0.1, 0.15) is 41.4 Å². The van der Waals surface area contributed by atoms with Crippen LogP contribution in [0, 0.1) is 0 Å². The molecular weight excluding hydrogens is 358 g/mol. The Kier molecular flexibility index (Phi) is 5.82. The number of aliphatic carboxylic acids is 1. The van der Waals surface area contributed by atoms with Crippen LogP contribution in [-0.4, -0.2) is 42.4 Å². The van der Waals surface area contributed by atoms with Crippen molar-refractivity contribution in [2.45, 2.75) is 31.1 Å². The number of hydrogen-bond acceptors (Lipinski definition) is 4. The molecule has 5 heteroatoms. The van der Waals surface area contributed by atoms with Gasteiger partial charge in [-0.25, -0.2) is 0 Å². The average Bonchev–Trinajstić information content (AvgIpc) is 2.78. The quantitative estimate of drug-likeness (QED) is 0.802. The van der Waals surface area contributed by atoms with Crippen molar-refractivity contribution in [2.24, 2.45) is 0 Å². The number of nitrogens with zero attached hydrogens (tertiary/aromatic N) is 1. The highest BCUT2D eigenvalue weighted by atomic mass is 32.2. The molecule has 2 aromatic carbocycles. The lowest BCUT2D eigenvalue weighted by atomic mass is 9.83. The van der Waals surface area contributed by atoms with Crippen LogP contribution in [0.3, 0.4) is 0 Å². The standard InChI is InChI=1S/C22H27NO3S/c1-22(2,21(24)25)16-9-10-19-18(13-16)20(27-12-11-23(3)4)17-8-6-5-7-15(17)14-26-19/h5-10,13,20H,11-12,14H2,1-4H3,(H,24,25). The summed E-state index contributed by atoms with van der Waals surface area (Å²) in [5.74, 6) is 1.01. The maximum Gasteiger partial charge on any atom is 0.313 e. The van der Waals surface area contributed by atoms with Gasteiger partial charge in [0.05, 0.1) is 10.7 Å². The Bertz CT molecular complexity index is 832. The Morgan fingerprint density at radius 3 is 2.67 bits per heavy atom. The molecule has 0 bridgehead atoms. The van der Waals surface area contributed by atoms with Gasteiger partial charge in [-0.15, -0.1) is 11.8 Å². The molecule has 0 saturated heterocycles. The number of thioether (sulfide) groups is 1. The van der Waals surface area contributed by atoms with Crippen LogP contribution in [0.5, 0.6) is 5.75 Å². The molecule has 3 rings (SSSR count). The first-order valence-electron chi connectivity index (χ1n) is 9.15. The van der Waals surface area contributed by atoms with Gasteiger partial charge in [0.2, 0.25) is 0 Å². The summed E-state index contributed by atoms with van der Waals surface area (Å²) in [5, 5.41) is 9.77. The molecule has 1 aliphatic heterocycles. The molecule has 0 amide bonds. The Balaban J connectivity index is 2.06. The highest BCUT2D eigenvalue weighted by Crippen LogP contribution is 2.45. The zero-order valence-corrected chi connectivity index (χ0v) is 17.2. The van der Waals surface area contributed by atoms with Crippen molar-refractivity contribution < 1.29 is 14.6 Å². The zero-order chi connectivity index (χ0) is 19.6. The van der Waals surface area contributed by atoms with E-state index in [2.05, 4.69) is 37.2 Å².